The number of halogens is 1. The van der Waals surface area contributed by atoms with Crippen LogP contribution in [0.25, 0.3) is 0 Å². The first-order valence-corrected chi connectivity index (χ1v) is 5.61. The van der Waals surface area contributed by atoms with Crippen molar-refractivity contribution in [3.8, 4) is 0 Å². The molecule has 0 amide bonds. The summed E-state index contributed by atoms with van der Waals surface area (Å²) in [5.74, 6) is 0.703. The van der Waals surface area contributed by atoms with Crippen LogP contribution in [0.1, 0.15) is 18.3 Å². The van der Waals surface area contributed by atoms with Crippen LogP contribution in [0.5, 0.6) is 0 Å². The summed E-state index contributed by atoms with van der Waals surface area (Å²) in [5, 5.41) is 7.34. The molecule has 0 saturated carbocycles. The number of aryl methyl sites for hydroxylation is 1. The molecule has 1 aromatic carbocycles. The summed E-state index contributed by atoms with van der Waals surface area (Å²) in [4.78, 5) is 4.16. The molecule has 0 spiro atoms. The molecule has 4 nitrogen and oxygen atoms in total. The first kappa shape index (κ1) is 11.7. The summed E-state index contributed by atoms with van der Waals surface area (Å²) in [6.07, 6.45) is 1.55. The van der Waals surface area contributed by atoms with Crippen molar-refractivity contribution in [3.63, 3.8) is 0 Å². The highest BCUT2D eigenvalue weighted by Gasteiger charge is 2.01. The van der Waals surface area contributed by atoms with Crippen LogP contribution in [0.3, 0.4) is 0 Å². The molecule has 0 aliphatic rings. The number of hydrogen-bond acceptors (Lipinski definition) is 3. The van der Waals surface area contributed by atoms with Gasteiger partial charge in [0.25, 0.3) is 0 Å². The highest BCUT2D eigenvalue weighted by atomic mass is 19.1. The Hall–Kier alpha value is -1.75. The fraction of sp³-hybridized carbons (Fsp3) is 0.333. The molecule has 2 rings (SSSR count). The van der Waals surface area contributed by atoms with E-state index in [1.807, 2.05) is 11.6 Å². The first-order valence-electron chi connectivity index (χ1n) is 5.61. The van der Waals surface area contributed by atoms with Crippen LogP contribution in [0.15, 0.2) is 30.6 Å². The van der Waals surface area contributed by atoms with E-state index in [1.54, 1.807) is 18.5 Å². The molecule has 17 heavy (non-hydrogen) atoms. The molecule has 1 heterocycles. The molecule has 0 radical (unpaired) electrons. The van der Waals surface area contributed by atoms with Crippen molar-refractivity contribution in [2.75, 3.05) is 0 Å². The van der Waals surface area contributed by atoms with Gasteiger partial charge in [0.15, 0.2) is 0 Å². The van der Waals surface area contributed by atoms with Gasteiger partial charge in [-0.15, -0.1) is 0 Å². The topological polar surface area (TPSA) is 42.7 Å². The van der Waals surface area contributed by atoms with Crippen molar-refractivity contribution < 1.29 is 4.39 Å². The van der Waals surface area contributed by atoms with Crippen LogP contribution in [0.4, 0.5) is 4.39 Å². The lowest BCUT2D eigenvalue weighted by molar-refractivity contribution is 0.571. The Kier molecular flexibility index (Phi) is 3.82. The molecule has 90 valence electrons. The normalized spacial score (nSPS) is 10.7. The maximum Gasteiger partial charge on any atom is 0.140 e. The minimum Gasteiger partial charge on any atom is -0.306 e. The molecule has 0 unspecified atom stereocenters. The van der Waals surface area contributed by atoms with Crippen molar-refractivity contribution in [1.29, 1.82) is 0 Å². The van der Waals surface area contributed by atoms with Gasteiger partial charge < -0.3 is 5.32 Å². The second-order valence-electron chi connectivity index (χ2n) is 3.72. The standard InChI is InChI=1S/C12H15FN4/c1-2-17-12(15-9-16-17)8-14-7-10-3-5-11(13)6-4-10/h3-6,9,14H,2,7-8H2,1H3. The van der Waals surface area contributed by atoms with Gasteiger partial charge in [-0.05, 0) is 24.6 Å². The summed E-state index contributed by atoms with van der Waals surface area (Å²) in [6, 6.07) is 6.47. The van der Waals surface area contributed by atoms with Crippen molar-refractivity contribution >= 4 is 0 Å². The summed E-state index contributed by atoms with van der Waals surface area (Å²) in [5.41, 5.74) is 1.05. The van der Waals surface area contributed by atoms with E-state index >= 15 is 0 Å². The molecule has 0 aliphatic carbocycles. The maximum absolute atomic E-state index is 12.7. The van der Waals surface area contributed by atoms with Crippen molar-refractivity contribution in [2.24, 2.45) is 0 Å². The molecule has 5 heteroatoms. The van der Waals surface area contributed by atoms with Gasteiger partial charge >= 0.3 is 0 Å². The van der Waals surface area contributed by atoms with E-state index in [2.05, 4.69) is 15.4 Å². The molecule has 0 bridgehead atoms. The predicted molar refractivity (Wildman–Crippen MR) is 62.6 cm³/mol. The molecule has 1 N–H and O–H groups in total. The van der Waals surface area contributed by atoms with Crippen molar-refractivity contribution in [3.05, 3.63) is 47.8 Å². The molecule has 0 atom stereocenters. The van der Waals surface area contributed by atoms with Crippen molar-refractivity contribution in [1.82, 2.24) is 20.1 Å². The Morgan fingerprint density at radius 3 is 2.71 bits per heavy atom. The molecule has 0 fully saturated rings. The van der Waals surface area contributed by atoms with Gasteiger partial charge in [0, 0.05) is 13.1 Å². The van der Waals surface area contributed by atoms with E-state index in [9.17, 15) is 4.39 Å². The molecular weight excluding hydrogens is 219 g/mol. The second kappa shape index (κ2) is 5.54. The number of aromatic nitrogens is 3. The Morgan fingerprint density at radius 2 is 2.00 bits per heavy atom. The summed E-state index contributed by atoms with van der Waals surface area (Å²) < 4.78 is 14.5. The minimum atomic E-state index is -0.209. The molecule has 0 aliphatic heterocycles. The Labute approximate surface area is 99.5 Å². The lowest BCUT2D eigenvalue weighted by Crippen LogP contribution is -2.17. The minimum absolute atomic E-state index is 0.209. The highest BCUT2D eigenvalue weighted by Crippen LogP contribution is 2.02. The number of nitrogens with zero attached hydrogens (tertiary/aromatic N) is 3. The van der Waals surface area contributed by atoms with Gasteiger partial charge in [0.1, 0.15) is 18.0 Å². The maximum atomic E-state index is 12.7. The van der Waals surface area contributed by atoms with Gasteiger partial charge in [0.05, 0.1) is 6.54 Å². The molecule has 2 aromatic rings. The lowest BCUT2D eigenvalue weighted by Gasteiger charge is -2.05. The van der Waals surface area contributed by atoms with Gasteiger partial charge in [-0.25, -0.2) is 14.1 Å². The second-order valence-corrected chi connectivity index (χ2v) is 3.72. The highest BCUT2D eigenvalue weighted by molar-refractivity contribution is 5.15. The number of hydrogen-bond donors (Lipinski definition) is 1. The predicted octanol–water partition coefficient (Wildman–Crippen LogP) is 1.73. The Balaban J connectivity index is 1.85. The first-order chi connectivity index (χ1) is 8.29. The third-order valence-electron chi connectivity index (χ3n) is 2.52. The van der Waals surface area contributed by atoms with Gasteiger partial charge in [0.2, 0.25) is 0 Å². The quantitative estimate of drug-likeness (QED) is 0.856. The van der Waals surface area contributed by atoms with Crippen LogP contribution < -0.4 is 5.32 Å². The van der Waals surface area contributed by atoms with E-state index in [4.69, 9.17) is 0 Å². The SMILES string of the molecule is CCn1ncnc1CNCc1ccc(F)cc1. The summed E-state index contributed by atoms with van der Waals surface area (Å²) in [6.45, 7) is 4.19. The summed E-state index contributed by atoms with van der Waals surface area (Å²) in [7, 11) is 0. The largest absolute Gasteiger partial charge is 0.306 e. The molecular formula is C12H15FN4. The lowest BCUT2D eigenvalue weighted by atomic mass is 10.2. The Bertz CT molecular complexity index is 464. The third-order valence-corrected chi connectivity index (χ3v) is 2.52. The van der Waals surface area contributed by atoms with Crippen LogP contribution in [-0.2, 0) is 19.6 Å². The number of benzene rings is 1. The molecule has 0 saturated heterocycles. The zero-order valence-corrected chi connectivity index (χ0v) is 9.73. The zero-order chi connectivity index (χ0) is 12.1. The van der Waals surface area contributed by atoms with Gasteiger partial charge in [-0.2, -0.15) is 5.10 Å². The van der Waals surface area contributed by atoms with Crippen molar-refractivity contribution in [2.45, 2.75) is 26.6 Å². The van der Waals surface area contributed by atoms with Crippen LogP contribution >= 0.6 is 0 Å². The van der Waals surface area contributed by atoms with E-state index in [-0.39, 0.29) is 5.82 Å². The molecule has 1 aromatic heterocycles. The third kappa shape index (κ3) is 3.10. The van der Waals surface area contributed by atoms with E-state index in [1.165, 1.54) is 12.1 Å². The van der Waals surface area contributed by atoms with Gasteiger partial charge in [-0.1, -0.05) is 12.1 Å². The summed E-state index contributed by atoms with van der Waals surface area (Å²) >= 11 is 0. The number of nitrogens with one attached hydrogen (secondary N) is 1. The van der Waals surface area contributed by atoms with E-state index in [0.29, 0.717) is 13.1 Å². The van der Waals surface area contributed by atoms with Crippen LogP contribution in [0.2, 0.25) is 0 Å². The van der Waals surface area contributed by atoms with Crippen LogP contribution in [-0.4, -0.2) is 14.8 Å². The fourth-order valence-corrected chi connectivity index (χ4v) is 1.61. The average molecular weight is 234 g/mol. The van der Waals surface area contributed by atoms with Gasteiger partial charge in [-0.3, -0.25) is 0 Å². The smallest absolute Gasteiger partial charge is 0.140 e. The van der Waals surface area contributed by atoms with Crippen LogP contribution in [0, 0.1) is 5.82 Å². The fourth-order valence-electron chi connectivity index (χ4n) is 1.61. The number of rotatable bonds is 5. The van der Waals surface area contributed by atoms with E-state index in [0.717, 1.165) is 17.9 Å². The zero-order valence-electron chi connectivity index (χ0n) is 9.73. The average Bonchev–Trinajstić information content (AvgIpc) is 2.79. The monoisotopic (exact) mass is 234 g/mol. The Morgan fingerprint density at radius 1 is 1.24 bits per heavy atom. The van der Waals surface area contributed by atoms with E-state index < -0.39 is 0 Å².